The molecule has 76 valence electrons. The predicted octanol–water partition coefficient (Wildman–Crippen LogP) is 3.48. The van der Waals surface area contributed by atoms with Gasteiger partial charge in [-0.2, -0.15) is 0 Å². The maximum absolute atomic E-state index is 3.58. The molecule has 0 aromatic heterocycles. The zero-order valence-electron chi connectivity index (χ0n) is 9.05. The Labute approximate surface area is 96.2 Å². The maximum atomic E-state index is 3.58. The molecule has 0 aliphatic rings. The summed E-state index contributed by atoms with van der Waals surface area (Å²) in [6.07, 6.45) is 2.26. The Kier molecular flexibility index (Phi) is 4.14. The van der Waals surface area contributed by atoms with Crippen LogP contribution >= 0.6 is 15.9 Å². The van der Waals surface area contributed by atoms with Gasteiger partial charge in [0.05, 0.1) is 0 Å². The second kappa shape index (κ2) is 4.94. The first-order chi connectivity index (χ1) is 6.62. The van der Waals surface area contributed by atoms with E-state index in [1.807, 2.05) is 0 Å². The van der Waals surface area contributed by atoms with Crippen molar-refractivity contribution in [2.75, 3.05) is 5.33 Å². The van der Waals surface area contributed by atoms with Gasteiger partial charge in [0.25, 0.3) is 0 Å². The van der Waals surface area contributed by atoms with E-state index in [4.69, 9.17) is 0 Å². The van der Waals surface area contributed by atoms with Gasteiger partial charge in [-0.25, -0.2) is 0 Å². The topological polar surface area (TPSA) is 0 Å². The fraction of sp³-hybridized carbons (Fsp3) is 0.333. The van der Waals surface area contributed by atoms with E-state index in [-0.39, 0.29) is 0 Å². The lowest BCUT2D eigenvalue weighted by Crippen LogP contribution is -2.44. The smallest absolute Gasteiger partial charge is 0.0911 e. The van der Waals surface area contributed by atoms with Crippen molar-refractivity contribution in [3.05, 3.63) is 41.6 Å². The molecule has 0 saturated carbocycles. The van der Waals surface area contributed by atoms with Crippen LogP contribution in [0.25, 0.3) is 0 Å². The van der Waals surface area contributed by atoms with Gasteiger partial charge in [-0.15, -0.1) is 0 Å². The van der Waals surface area contributed by atoms with Gasteiger partial charge in [-0.3, -0.25) is 0 Å². The summed E-state index contributed by atoms with van der Waals surface area (Å²) in [4.78, 5) is 0. The predicted molar refractivity (Wildman–Crippen MR) is 71.1 cm³/mol. The van der Waals surface area contributed by atoms with Gasteiger partial charge in [-0.1, -0.05) is 75.8 Å². The van der Waals surface area contributed by atoms with Gasteiger partial charge in [0.1, 0.15) is 8.07 Å². The van der Waals surface area contributed by atoms with E-state index >= 15 is 0 Å². The first-order valence-corrected chi connectivity index (χ1v) is 9.02. The Morgan fingerprint density at radius 2 is 1.86 bits per heavy atom. The molecular weight excluding hydrogens is 252 g/mol. The van der Waals surface area contributed by atoms with Gasteiger partial charge >= 0.3 is 0 Å². The first kappa shape index (κ1) is 11.7. The minimum Gasteiger partial charge on any atom is -0.0911 e. The summed E-state index contributed by atoms with van der Waals surface area (Å²) in [6, 6.07) is 10.8. The van der Waals surface area contributed by atoms with Crippen LogP contribution in [0, 0.1) is 0 Å². The van der Waals surface area contributed by atoms with Gasteiger partial charge < -0.3 is 0 Å². The fourth-order valence-corrected chi connectivity index (χ4v) is 6.52. The third-order valence-electron chi connectivity index (χ3n) is 2.79. The number of hydrogen-bond donors (Lipinski definition) is 0. The van der Waals surface area contributed by atoms with E-state index in [1.165, 1.54) is 5.19 Å². The average molecular weight is 269 g/mol. The fourth-order valence-electron chi connectivity index (χ4n) is 1.65. The van der Waals surface area contributed by atoms with Gasteiger partial charge in [0.15, 0.2) is 0 Å². The molecule has 0 radical (unpaired) electrons. The summed E-state index contributed by atoms with van der Waals surface area (Å²) in [5.74, 6) is 0. The zero-order chi connectivity index (χ0) is 10.6. The Hall–Kier alpha value is -0.343. The van der Waals surface area contributed by atoms with Crippen LogP contribution < -0.4 is 5.19 Å². The lowest BCUT2D eigenvalue weighted by molar-refractivity contribution is 1.53. The van der Waals surface area contributed by atoms with Crippen molar-refractivity contribution in [2.24, 2.45) is 0 Å². The molecule has 0 aliphatic heterocycles. The number of halogens is 1. The summed E-state index contributed by atoms with van der Waals surface area (Å²) in [7, 11) is -1.39. The standard InChI is InChI=1S/C12H17BrSi/c1-4-11(10-13)14(2,3)12-8-6-5-7-9-12/h4-9H,10H2,1-3H3/b11-4+. The molecular formula is C12H17BrSi. The second-order valence-corrected chi connectivity index (χ2v) is 8.97. The minimum atomic E-state index is -1.39. The highest BCUT2D eigenvalue weighted by molar-refractivity contribution is 9.09. The van der Waals surface area contributed by atoms with Crippen molar-refractivity contribution in [3.8, 4) is 0 Å². The van der Waals surface area contributed by atoms with Crippen LogP contribution in [0.3, 0.4) is 0 Å². The second-order valence-electron chi connectivity index (χ2n) is 3.94. The molecule has 0 atom stereocenters. The number of rotatable bonds is 3. The molecule has 0 unspecified atom stereocenters. The van der Waals surface area contributed by atoms with Crippen molar-refractivity contribution in [3.63, 3.8) is 0 Å². The average Bonchev–Trinajstić information content (AvgIpc) is 2.20. The minimum absolute atomic E-state index is 0.998. The Morgan fingerprint density at radius 1 is 1.29 bits per heavy atom. The molecule has 0 N–H and O–H groups in total. The molecule has 0 heterocycles. The van der Waals surface area contributed by atoms with E-state index in [0.717, 1.165) is 5.33 Å². The van der Waals surface area contributed by atoms with Crippen LogP contribution in [0.2, 0.25) is 13.1 Å². The molecule has 0 bridgehead atoms. The van der Waals surface area contributed by atoms with Crippen molar-refractivity contribution < 1.29 is 0 Å². The van der Waals surface area contributed by atoms with Crippen LogP contribution in [0.1, 0.15) is 6.92 Å². The molecule has 14 heavy (non-hydrogen) atoms. The van der Waals surface area contributed by atoms with Crippen LogP contribution in [0.5, 0.6) is 0 Å². The van der Waals surface area contributed by atoms with Crippen LogP contribution in [-0.4, -0.2) is 13.4 Å². The summed E-state index contributed by atoms with van der Waals surface area (Å²) in [5, 5.41) is 4.06. The normalized spacial score (nSPS) is 13.0. The molecule has 0 saturated heterocycles. The Morgan fingerprint density at radius 3 is 2.29 bits per heavy atom. The molecule has 0 spiro atoms. The van der Waals surface area contributed by atoms with E-state index < -0.39 is 8.07 Å². The van der Waals surface area contributed by atoms with Crippen molar-refractivity contribution in [2.45, 2.75) is 20.0 Å². The summed E-state index contributed by atoms with van der Waals surface area (Å²) < 4.78 is 0. The summed E-state index contributed by atoms with van der Waals surface area (Å²) >= 11 is 3.58. The van der Waals surface area contributed by atoms with Crippen LogP contribution in [0.4, 0.5) is 0 Å². The van der Waals surface area contributed by atoms with Gasteiger partial charge in [0, 0.05) is 5.33 Å². The molecule has 0 amide bonds. The number of alkyl halides is 1. The van der Waals surface area contributed by atoms with Crippen molar-refractivity contribution >= 4 is 29.2 Å². The van der Waals surface area contributed by atoms with E-state index in [1.54, 1.807) is 5.20 Å². The largest absolute Gasteiger partial charge is 0.108 e. The zero-order valence-corrected chi connectivity index (χ0v) is 11.6. The highest BCUT2D eigenvalue weighted by atomic mass is 79.9. The highest BCUT2D eigenvalue weighted by Crippen LogP contribution is 2.16. The monoisotopic (exact) mass is 268 g/mol. The first-order valence-electron chi connectivity index (χ1n) is 4.90. The van der Waals surface area contributed by atoms with Crippen molar-refractivity contribution in [1.82, 2.24) is 0 Å². The van der Waals surface area contributed by atoms with E-state index in [2.05, 4.69) is 72.4 Å². The number of allylic oxidation sites excluding steroid dienone is 2. The molecule has 1 rings (SSSR count). The molecule has 0 aliphatic carbocycles. The third-order valence-corrected chi connectivity index (χ3v) is 7.76. The molecule has 0 nitrogen and oxygen atoms in total. The summed E-state index contributed by atoms with van der Waals surface area (Å²) in [6.45, 7) is 6.94. The van der Waals surface area contributed by atoms with E-state index in [9.17, 15) is 0 Å². The maximum Gasteiger partial charge on any atom is 0.108 e. The van der Waals surface area contributed by atoms with E-state index in [0.29, 0.717) is 0 Å². The molecule has 0 fully saturated rings. The lowest BCUT2D eigenvalue weighted by atomic mass is 10.4. The molecule has 1 aromatic carbocycles. The Balaban J connectivity index is 3.07. The van der Waals surface area contributed by atoms with Crippen molar-refractivity contribution in [1.29, 1.82) is 0 Å². The molecule has 2 heteroatoms. The SMILES string of the molecule is C/C=C(\CBr)[Si](C)(C)c1ccccc1. The van der Waals surface area contributed by atoms with Crippen LogP contribution in [0.15, 0.2) is 41.6 Å². The third kappa shape index (κ3) is 2.37. The number of hydrogen-bond acceptors (Lipinski definition) is 0. The van der Waals surface area contributed by atoms with Gasteiger partial charge in [-0.05, 0) is 6.92 Å². The lowest BCUT2D eigenvalue weighted by Gasteiger charge is -2.25. The van der Waals surface area contributed by atoms with Crippen LogP contribution in [-0.2, 0) is 0 Å². The number of benzene rings is 1. The Bertz CT molecular complexity index is 314. The highest BCUT2D eigenvalue weighted by Gasteiger charge is 2.26. The molecule has 1 aromatic rings. The summed E-state index contributed by atoms with van der Waals surface area (Å²) in [5.41, 5.74) is 0. The van der Waals surface area contributed by atoms with Gasteiger partial charge in [0.2, 0.25) is 0 Å². The quantitative estimate of drug-likeness (QED) is 0.582.